The standard InChI is InChI=1S/C14H10BrCl2FO/c15-7-9-4-5-14(13(18)6-9)19-8-10-11(16)2-1-3-12(10)17/h1-6H,7-8H2. The Bertz CT molecular complexity index is 569. The van der Waals surface area contributed by atoms with Crippen LogP contribution in [0.2, 0.25) is 10.0 Å². The van der Waals surface area contributed by atoms with Crippen LogP contribution >= 0.6 is 39.1 Å². The van der Waals surface area contributed by atoms with Gasteiger partial charge in [0.2, 0.25) is 0 Å². The van der Waals surface area contributed by atoms with Gasteiger partial charge in [0.15, 0.2) is 11.6 Å². The van der Waals surface area contributed by atoms with E-state index in [-0.39, 0.29) is 12.4 Å². The number of hydrogen-bond acceptors (Lipinski definition) is 1. The smallest absolute Gasteiger partial charge is 0.165 e. The molecule has 0 heterocycles. The zero-order chi connectivity index (χ0) is 13.8. The quantitative estimate of drug-likeness (QED) is 0.642. The van der Waals surface area contributed by atoms with Crippen molar-refractivity contribution in [2.45, 2.75) is 11.9 Å². The lowest BCUT2D eigenvalue weighted by Gasteiger charge is -2.10. The largest absolute Gasteiger partial charge is 0.486 e. The molecule has 0 aromatic heterocycles. The van der Waals surface area contributed by atoms with E-state index in [9.17, 15) is 4.39 Å². The lowest BCUT2D eigenvalue weighted by atomic mass is 10.2. The first-order chi connectivity index (χ1) is 9.11. The van der Waals surface area contributed by atoms with Gasteiger partial charge in [-0.05, 0) is 29.8 Å². The molecule has 0 fully saturated rings. The molecule has 0 radical (unpaired) electrons. The fraction of sp³-hybridized carbons (Fsp3) is 0.143. The lowest BCUT2D eigenvalue weighted by molar-refractivity contribution is 0.290. The third-order valence-corrected chi connectivity index (χ3v) is 3.94. The summed E-state index contributed by atoms with van der Waals surface area (Å²) in [6, 6.07) is 10.0. The van der Waals surface area contributed by atoms with Gasteiger partial charge >= 0.3 is 0 Å². The highest BCUT2D eigenvalue weighted by molar-refractivity contribution is 9.08. The van der Waals surface area contributed by atoms with E-state index in [1.807, 2.05) is 0 Å². The normalized spacial score (nSPS) is 10.5. The molecule has 0 unspecified atom stereocenters. The van der Waals surface area contributed by atoms with Gasteiger partial charge in [0.1, 0.15) is 6.61 Å². The van der Waals surface area contributed by atoms with Crippen molar-refractivity contribution < 1.29 is 9.13 Å². The SMILES string of the molecule is Fc1cc(CBr)ccc1OCc1c(Cl)cccc1Cl. The van der Waals surface area contributed by atoms with Crippen LogP contribution in [0.3, 0.4) is 0 Å². The molecule has 2 aromatic rings. The molecule has 0 N–H and O–H groups in total. The zero-order valence-electron chi connectivity index (χ0n) is 9.80. The predicted molar refractivity (Wildman–Crippen MR) is 79.8 cm³/mol. The average molecular weight is 364 g/mol. The Labute approximate surface area is 129 Å². The predicted octanol–water partition coefficient (Wildman–Crippen LogP) is 5.61. The molecule has 0 aliphatic carbocycles. The van der Waals surface area contributed by atoms with E-state index >= 15 is 0 Å². The first-order valence-corrected chi connectivity index (χ1v) is 7.39. The molecule has 2 aromatic carbocycles. The Hall–Kier alpha value is -0.770. The van der Waals surface area contributed by atoms with Crippen molar-refractivity contribution in [1.82, 2.24) is 0 Å². The Morgan fingerprint density at radius 3 is 2.37 bits per heavy atom. The Balaban J connectivity index is 2.15. The summed E-state index contributed by atoms with van der Waals surface area (Å²) < 4.78 is 19.2. The van der Waals surface area contributed by atoms with Crippen molar-refractivity contribution >= 4 is 39.1 Å². The van der Waals surface area contributed by atoms with Crippen molar-refractivity contribution in [3.63, 3.8) is 0 Å². The summed E-state index contributed by atoms with van der Waals surface area (Å²) in [7, 11) is 0. The van der Waals surface area contributed by atoms with Crippen molar-refractivity contribution in [2.75, 3.05) is 0 Å². The van der Waals surface area contributed by atoms with Crippen LogP contribution < -0.4 is 4.74 Å². The summed E-state index contributed by atoms with van der Waals surface area (Å²) in [6.07, 6.45) is 0. The second-order valence-electron chi connectivity index (χ2n) is 3.89. The van der Waals surface area contributed by atoms with Gasteiger partial charge < -0.3 is 4.74 Å². The molecule has 5 heteroatoms. The topological polar surface area (TPSA) is 9.23 Å². The molecule has 0 saturated heterocycles. The molecule has 1 nitrogen and oxygen atoms in total. The van der Waals surface area contributed by atoms with Crippen molar-refractivity contribution in [2.24, 2.45) is 0 Å². The van der Waals surface area contributed by atoms with E-state index in [1.165, 1.54) is 6.07 Å². The number of benzene rings is 2. The maximum Gasteiger partial charge on any atom is 0.165 e. The van der Waals surface area contributed by atoms with Crippen LogP contribution in [0.25, 0.3) is 0 Å². The fourth-order valence-electron chi connectivity index (χ4n) is 1.56. The average Bonchev–Trinajstić information content (AvgIpc) is 2.39. The Morgan fingerprint density at radius 1 is 1.11 bits per heavy atom. The van der Waals surface area contributed by atoms with Crippen LogP contribution in [0.4, 0.5) is 4.39 Å². The van der Waals surface area contributed by atoms with Crippen molar-refractivity contribution in [1.29, 1.82) is 0 Å². The van der Waals surface area contributed by atoms with E-state index in [1.54, 1.807) is 30.3 Å². The first-order valence-electron chi connectivity index (χ1n) is 5.52. The molecule has 0 atom stereocenters. The monoisotopic (exact) mass is 362 g/mol. The van der Waals surface area contributed by atoms with E-state index in [2.05, 4.69) is 15.9 Å². The van der Waals surface area contributed by atoms with Gasteiger partial charge in [-0.3, -0.25) is 0 Å². The van der Waals surface area contributed by atoms with Gasteiger partial charge in [0.25, 0.3) is 0 Å². The van der Waals surface area contributed by atoms with Gasteiger partial charge in [-0.15, -0.1) is 0 Å². The molecule has 0 aliphatic heterocycles. The number of rotatable bonds is 4. The number of alkyl halides is 1. The zero-order valence-corrected chi connectivity index (χ0v) is 12.9. The Morgan fingerprint density at radius 2 is 1.79 bits per heavy atom. The van der Waals surface area contributed by atoms with E-state index in [0.717, 1.165) is 5.56 Å². The molecule has 0 aliphatic rings. The fourth-order valence-corrected chi connectivity index (χ4v) is 2.42. The lowest BCUT2D eigenvalue weighted by Crippen LogP contribution is -1.99. The summed E-state index contributed by atoms with van der Waals surface area (Å²) >= 11 is 15.3. The summed E-state index contributed by atoms with van der Waals surface area (Å²) in [5, 5.41) is 1.61. The molecule has 19 heavy (non-hydrogen) atoms. The summed E-state index contributed by atoms with van der Waals surface area (Å²) in [4.78, 5) is 0. The van der Waals surface area contributed by atoms with Gasteiger partial charge in [-0.2, -0.15) is 0 Å². The van der Waals surface area contributed by atoms with Crippen LogP contribution in [0.15, 0.2) is 36.4 Å². The first kappa shape index (κ1) is 14.6. The molecule has 0 amide bonds. The molecule has 100 valence electrons. The highest BCUT2D eigenvalue weighted by Gasteiger charge is 2.09. The highest BCUT2D eigenvalue weighted by atomic mass is 79.9. The second-order valence-corrected chi connectivity index (χ2v) is 5.26. The van der Waals surface area contributed by atoms with Crippen LogP contribution in [-0.4, -0.2) is 0 Å². The van der Waals surface area contributed by atoms with Gasteiger partial charge in [-0.25, -0.2) is 4.39 Å². The van der Waals surface area contributed by atoms with E-state index < -0.39 is 5.82 Å². The summed E-state index contributed by atoms with van der Waals surface area (Å²) in [6.45, 7) is 0.128. The molecule has 2 rings (SSSR count). The second kappa shape index (κ2) is 6.60. The molecular formula is C14H10BrCl2FO. The number of hydrogen-bond donors (Lipinski definition) is 0. The molecule has 0 spiro atoms. The molecular weight excluding hydrogens is 354 g/mol. The van der Waals surface area contributed by atoms with Crippen LogP contribution in [0.1, 0.15) is 11.1 Å². The summed E-state index contributed by atoms with van der Waals surface area (Å²) in [5.74, 6) is -0.221. The van der Waals surface area contributed by atoms with Crippen molar-refractivity contribution in [3.05, 3.63) is 63.4 Å². The minimum absolute atomic E-state index is 0.128. The number of ether oxygens (including phenoxy) is 1. The van der Waals surface area contributed by atoms with E-state index in [4.69, 9.17) is 27.9 Å². The Kier molecular flexibility index (Phi) is 5.08. The highest BCUT2D eigenvalue weighted by Crippen LogP contribution is 2.27. The maximum absolute atomic E-state index is 13.7. The van der Waals surface area contributed by atoms with Crippen molar-refractivity contribution in [3.8, 4) is 5.75 Å². The van der Waals surface area contributed by atoms with E-state index in [0.29, 0.717) is 20.9 Å². The van der Waals surface area contributed by atoms with Gasteiger partial charge in [0, 0.05) is 20.9 Å². The molecule has 0 saturated carbocycles. The molecule has 0 bridgehead atoms. The van der Waals surface area contributed by atoms with Gasteiger partial charge in [0.05, 0.1) is 0 Å². The minimum Gasteiger partial charge on any atom is -0.486 e. The van der Waals surface area contributed by atoms with Crippen LogP contribution in [0.5, 0.6) is 5.75 Å². The van der Waals surface area contributed by atoms with Crippen LogP contribution in [-0.2, 0) is 11.9 Å². The number of halogens is 4. The van der Waals surface area contributed by atoms with Crippen LogP contribution in [0, 0.1) is 5.82 Å². The maximum atomic E-state index is 13.7. The summed E-state index contributed by atoms with van der Waals surface area (Å²) in [5.41, 5.74) is 1.50. The minimum atomic E-state index is -0.403. The third-order valence-electron chi connectivity index (χ3n) is 2.58. The van der Waals surface area contributed by atoms with Gasteiger partial charge in [-0.1, -0.05) is 51.3 Å². The third kappa shape index (κ3) is 3.62.